The SMILES string of the molecule is Cc1ccc(C(=O)Cc2ccc(F)cc2)o1. The van der Waals surface area contributed by atoms with Crippen molar-refractivity contribution in [3.8, 4) is 0 Å². The summed E-state index contributed by atoms with van der Waals surface area (Å²) >= 11 is 0. The number of Topliss-reactive ketones (excluding diaryl/α,β-unsaturated/α-hetero) is 1. The summed E-state index contributed by atoms with van der Waals surface area (Å²) in [5.74, 6) is 0.661. The number of ketones is 1. The van der Waals surface area contributed by atoms with Gasteiger partial charge in [0.2, 0.25) is 5.78 Å². The molecule has 16 heavy (non-hydrogen) atoms. The van der Waals surface area contributed by atoms with Crippen LogP contribution in [0.25, 0.3) is 0 Å². The molecule has 2 aromatic rings. The highest BCUT2D eigenvalue weighted by Crippen LogP contribution is 2.11. The minimum Gasteiger partial charge on any atom is -0.458 e. The molecule has 0 saturated carbocycles. The number of carbonyl (C=O) groups excluding carboxylic acids is 1. The lowest BCUT2D eigenvalue weighted by Crippen LogP contribution is -2.01. The quantitative estimate of drug-likeness (QED) is 0.741. The fourth-order valence-corrected chi connectivity index (χ4v) is 1.46. The Hall–Kier alpha value is -1.90. The Bertz CT molecular complexity index is 497. The second-order valence-electron chi connectivity index (χ2n) is 3.64. The topological polar surface area (TPSA) is 30.2 Å². The normalized spacial score (nSPS) is 10.4. The van der Waals surface area contributed by atoms with Crippen molar-refractivity contribution in [1.29, 1.82) is 0 Å². The van der Waals surface area contributed by atoms with E-state index in [2.05, 4.69) is 0 Å². The van der Waals surface area contributed by atoms with E-state index in [0.29, 0.717) is 11.5 Å². The summed E-state index contributed by atoms with van der Waals surface area (Å²) in [5, 5.41) is 0. The number of rotatable bonds is 3. The fraction of sp³-hybridized carbons (Fsp3) is 0.154. The standard InChI is InChI=1S/C13H11FO2/c1-9-2-7-13(16-9)12(15)8-10-3-5-11(14)6-4-10/h2-7H,8H2,1H3. The van der Waals surface area contributed by atoms with E-state index >= 15 is 0 Å². The highest BCUT2D eigenvalue weighted by Gasteiger charge is 2.10. The maximum absolute atomic E-state index is 12.6. The summed E-state index contributed by atoms with van der Waals surface area (Å²) in [4.78, 5) is 11.7. The van der Waals surface area contributed by atoms with E-state index in [-0.39, 0.29) is 18.0 Å². The minimum atomic E-state index is -0.301. The molecule has 0 aliphatic carbocycles. The van der Waals surface area contributed by atoms with Crippen molar-refractivity contribution >= 4 is 5.78 Å². The third-order valence-corrected chi connectivity index (χ3v) is 2.29. The van der Waals surface area contributed by atoms with E-state index in [9.17, 15) is 9.18 Å². The van der Waals surface area contributed by atoms with E-state index in [1.165, 1.54) is 12.1 Å². The second-order valence-corrected chi connectivity index (χ2v) is 3.64. The second kappa shape index (κ2) is 4.31. The first kappa shape index (κ1) is 10.6. The monoisotopic (exact) mass is 218 g/mol. The summed E-state index contributed by atoms with van der Waals surface area (Å²) in [5.41, 5.74) is 0.778. The molecule has 0 unspecified atom stereocenters. The van der Waals surface area contributed by atoms with Crippen molar-refractivity contribution < 1.29 is 13.6 Å². The van der Waals surface area contributed by atoms with Crippen LogP contribution in [-0.2, 0) is 6.42 Å². The summed E-state index contributed by atoms with van der Waals surface area (Å²) in [6, 6.07) is 9.29. The van der Waals surface area contributed by atoms with Crippen molar-refractivity contribution in [3.63, 3.8) is 0 Å². The molecule has 0 aliphatic heterocycles. The summed E-state index contributed by atoms with van der Waals surface area (Å²) < 4.78 is 17.9. The molecule has 0 fully saturated rings. The van der Waals surface area contributed by atoms with Gasteiger partial charge in [-0.2, -0.15) is 0 Å². The van der Waals surface area contributed by atoms with Gasteiger partial charge in [0.1, 0.15) is 11.6 Å². The Labute approximate surface area is 92.7 Å². The summed E-state index contributed by atoms with van der Waals surface area (Å²) in [6.07, 6.45) is 0.229. The molecule has 0 saturated heterocycles. The molecule has 0 N–H and O–H groups in total. The molecule has 2 nitrogen and oxygen atoms in total. The molecule has 1 heterocycles. The first-order valence-corrected chi connectivity index (χ1v) is 4.99. The van der Waals surface area contributed by atoms with Crippen LogP contribution in [0.5, 0.6) is 0 Å². The van der Waals surface area contributed by atoms with Gasteiger partial charge in [0.25, 0.3) is 0 Å². The number of carbonyl (C=O) groups is 1. The van der Waals surface area contributed by atoms with Crippen molar-refractivity contribution in [2.45, 2.75) is 13.3 Å². The van der Waals surface area contributed by atoms with Crippen LogP contribution < -0.4 is 0 Å². The van der Waals surface area contributed by atoms with Crippen molar-refractivity contribution in [2.75, 3.05) is 0 Å². The first-order chi connectivity index (χ1) is 7.65. The average molecular weight is 218 g/mol. The molecule has 0 aliphatic rings. The van der Waals surface area contributed by atoms with Crippen LogP contribution in [0.2, 0.25) is 0 Å². The van der Waals surface area contributed by atoms with Gasteiger partial charge in [-0.15, -0.1) is 0 Å². The molecule has 3 heteroatoms. The predicted octanol–water partition coefficient (Wildman–Crippen LogP) is 3.15. The Morgan fingerprint density at radius 1 is 1.19 bits per heavy atom. The van der Waals surface area contributed by atoms with Crippen molar-refractivity contribution in [2.24, 2.45) is 0 Å². The van der Waals surface area contributed by atoms with Crippen LogP contribution in [0, 0.1) is 12.7 Å². The zero-order valence-electron chi connectivity index (χ0n) is 8.87. The molecule has 0 bridgehead atoms. The molecular formula is C13H11FO2. The van der Waals surface area contributed by atoms with E-state index in [4.69, 9.17) is 4.42 Å². The lowest BCUT2D eigenvalue weighted by atomic mass is 10.1. The number of furan rings is 1. The molecule has 2 rings (SSSR count). The summed E-state index contributed by atoms with van der Waals surface area (Å²) in [6.45, 7) is 1.79. The Kier molecular flexibility index (Phi) is 2.86. The van der Waals surface area contributed by atoms with Crippen LogP contribution in [0.15, 0.2) is 40.8 Å². The van der Waals surface area contributed by atoms with Gasteiger partial charge in [0.15, 0.2) is 5.76 Å². The van der Waals surface area contributed by atoms with Gasteiger partial charge in [0.05, 0.1) is 0 Å². The van der Waals surface area contributed by atoms with E-state index in [0.717, 1.165) is 5.56 Å². The molecule has 1 aromatic heterocycles. The van der Waals surface area contributed by atoms with Crippen LogP contribution in [0.4, 0.5) is 4.39 Å². The maximum Gasteiger partial charge on any atom is 0.202 e. The van der Waals surface area contributed by atoms with E-state index in [1.807, 2.05) is 0 Å². The van der Waals surface area contributed by atoms with Crippen LogP contribution >= 0.6 is 0 Å². The smallest absolute Gasteiger partial charge is 0.202 e. The van der Waals surface area contributed by atoms with Gasteiger partial charge >= 0.3 is 0 Å². The lowest BCUT2D eigenvalue weighted by Gasteiger charge is -1.98. The highest BCUT2D eigenvalue weighted by atomic mass is 19.1. The largest absolute Gasteiger partial charge is 0.458 e. The number of hydrogen-bond acceptors (Lipinski definition) is 2. The third-order valence-electron chi connectivity index (χ3n) is 2.29. The van der Waals surface area contributed by atoms with Crippen LogP contribution in [0.1, 0.15) is 21.9 Å². The molecule has 0 spiro atoms. The van der Waals surface area contributed by atoms with E-state index < -0.39 is 0 Å². The predicted molar refractivity (Wildman–Crippen MR) is 57.9 cm³/mol. The van der Waals surface area contributed by atoms with Crippen molar-refractivity contribution in [3.05, 3.63) is 59.3 Å². The lowest BCUT2D eigenvalue weighted by molar-refractivity contribution is 0.0965. The fourth-order valence-electron chi connectivity index (χ4n) is 1.46. The molecule has 0 radical (unpaired) electrons. The number of halogens is 1. The molecular weight excluding hydrogens is 207 g/mol. The zero-order valence-corrected chi connectivity index (χ0v) is 8.87. The van der Waals surface area contributed by atoms with Gasteiger partial charge in [0, 0.05) is 6.42 Å². The number of hydrogen-bond donors (Lipinski definition) is 0. The van der Waals surface area contributed by atoms with Gasteiger partial charge in [-0.25, -0.2) is 4.39 Å². The zero-order chi connectivity index (χ0) is 11.5. The minimum absolute atomic E-state index is 0.0975. The van der Waals surface area contributed by atoms with Gasteiger partial charge in [-0.05, 0) is 36.8 Å². The summed E-state index contributed by atoms with van der Waals surface area (Å²) in [7, 11) is 0. The third kappa shape index (κ3) is 2.37. The molecule has 82 valence electrons. The van der Waals surface area contributed by atoms with Crippen LogP contribution in [-0.4, -0.2) is 5.78 Å². The van der Waals surface area contributed by atoms with Crippen LogP contribution in [0.3, 0.4) is 0 Å². The van der Waals surface area contributed by atoms with Gasteiger partial charge < -0.3 is 4.42 Å². The number of benzene rings is 1. The Morgan fingerprint density at radius 2 is 1.88 bits per heavy atom. The maximum atomic E-state index is 12.6. The molecule has 0 amide bonds. The average Bonchev–Trinajstić information content (AvgIpc) is 2.68. The highest BCUT2D eigenvalue weighted by molar-refractivity contribution is 5.95. The van der Waals surface area contributed by atoms with Gasteiger partial charge in [-0.3, -0.25) is 4.79 Å². The van der Waals surface area contributed by atoms with Gasteiger partial charge in [-0.1, -0.05) is 12.1 Å². The number of aryl methyl sites for hydroxylation is 1. The van der Waals surface area contributed by atoms with E-state index in [1.54, 1.807) is 31.2 Å². The first-order valence-electron chi connectivity index (χ1n) is 4.99. The Morgan fingerprint density at radius 3 is 2.44 bits per heavy atom. The van der Waals surface area contributed by atoms with Crippen molar-refractivity contribution in [1.82, 2.24) is 0 Å². The Balaban J connectivity index is 2.10. The molecule has 0 atom stereocenters. The molecule has 1 aromatic carbocycles.